The van der Waals surface area contributed by atoms with E-state index in [0.29, 0.717) is 22.7 Å². The van der Waals surface area contributed by atoms with Crippen LogP contribution in [0.1, 0.15) is 30.1 Å². The number of carbonyl (C=O) groups excluding carboxylic acids is 2. The van der Waals surface area contributed by atoms with Gasteiger partial charge in [-0.25, -0.2) is 0 Å². The van der Waals surface area contributed by atoms with Crippen LogP contribution in [0, 0.1) is 0 Å². The molecule has 134 valence electrons. The Morgan fingerprint density at radius 2 is 1.73 bits per heavy atom. The predicted octanol–water partition coefficient (Wildman–Crippen LogP) is 2.75. The molecule has 0 aromatic heterocycles. The first kappa shape index (κ1) is 16.4. The lowest BCUT2D eigenvalue weighted by atomic mass is 10.1. The number of amides is 2. The first-order valence-corrected chi connectivity index (χ1v) is 8.74. The fourth-order valence-corrected chi connectivity index (χ4v) is 2.85. The van der Waals surface area contributed by atoms with Gasteiger partial charge in [0.15, 0.2) is 11.5 Å². The first-order valence-electron chi connectivity index (χ1n) is 8.74. The average Bonchev–Trinajstić information content (AvgIpc) is 3.45. The lowest BCUT2D eigenvalue weighted by Gasteiger charge is -2.31. The Kier molecular flexibility index (Phi) is 4.24. The molecule has 2 aliphatic rings. The summed E-state index contributed by atoms with van der Waals surface area (Å²) in [7, 11) is 0. The van der Waals surface area contributed by atoms with Gasteiger partial charge in [-0.05, 0) is 50.1 Å². The number of hydrogen-bond donors (Lipinski definition) is 2. The van der Waals surface area contributed by atoms with Gasteiger partial charge in [0.25, 0.3) is 11.8 Å². The van der Waals surface area contributed by atoms with Crippen molar-refractivity contribution in [1.82, 2.24) is 5.32 Å². The van der Waals surface area contributed by atoms with Crippen molar-refractivity contribution in [2.24, 2.45) is 0 Å². The largest absolute Gasteiger partial charge is 0.482 e. The molecule has 1 aliphatic heterocycles. The second-order valence-electron chi connectivity index (χ2n) is 6.63. The number of carbonyl (C=O) groups is 2. The van der Waals surface area contributed by atoms with Crippen LogP contribution in [0.5, 0.6) is 11.5 Å². The number of benzene rings is 2. The Bertz CT molecular complexity index is 847. The number of fused-ring (bicyclic) bond motifs is 1. The van der Waals surface area contributed by atoms with Crippen LogP contribution < -0.4 is 20.1 Å². The van der Waals surface area contributed by atoms with E-state index in [1.807, 2.05) is 18.2 Å². The summed E-state index contributed by atoms with van der Waals surface area (Å²) < 4.78 is 11.6. The molecule has 0 radical (unpaired) electrons. The monoisotopic (exact) mass is 352 g/mol. The first-order chi connectivity index (χ1) is 12.6. The molecule has 2 aromatic rings. The van der Waals surface area contributed by atoms with Crippen LogP contribution in [0.15, 0.2) is 48.5 Å². The summed E-state index contributed by atoms with van der Waals surface area (Å²) >= 11 is 0. The van der Waals surface area contributed by atoms with E-state index in [1.54, 1.807) is 37.3 Å². The average molecular weight is 352 g/mol. The Labute approximate surface area is 151 Å². The van der Waals surface area contributed by atoms with Crippen molar-refractivity contribution in [1.29, 1.82) is 0 Å². The van der Waals surface area contributed by atoms with E-state index in [4.69, 9.17) is 9.47 Å². The summed E-state index contributed by atoms with van der Waals surface area (Å²) in [5, 5.41) is 5.75. The molecule has 0 saturated heterocycles. The summed E-state index contributed by atoms with van der Waals surface area (Å²) in [5.74, 6) is 0.737. The zero-order valence-electron chi connectivity index (χ0n) is 14.4. The van der Waals surface area contributed by atoms with Gasteiger partial charge in [0.05, 0.1) is 0 Å². The van der Waals surface area contributed by atoms with Crippen LogP contribution in [0.3, 0.4) is 0 Å². The molecule has 2 atom stereocenters. The van der Waals surface area contributed by atoms with Crippen LogP contribution in [0.4, 0.5) is 5.69 Å². The Morgan fingerprint density at radius 3 is 2.46 bits per heavy atom. The number of rotatable bonds is 4. The van der Waals surface area contributed by atoms with Gasteiger partial charge in [-0.15, -0.1) is 0 Å². The molecule has 6 nitrogen and oxygen atoms in total. The zero-order chi connectivity index (χ0) is 18.1. The predicted molar refractivity (Wildman–Crippen MR) is 96.5 cm³/mol. The summed E-state index contributed by atoms with van der Waals surface area (Å²) in [5.41, 5.74) is 1.07. The van der Waals surface area contributed by atoms with Crippen molar-refractivity contribution in [3.63, 3.8) is 0 Å². The van der Waals surface area contributed by atoms with Crippen molar-refractivity contribution in [3.05, 3.63) is 54.1 Å². The van der Waals surface area contributed by atoms with E-state index < -0.39 is 12.2 Å². The van der Waals surface area contributed by atoms with E-state index in [-0.39, 0.29) is 17.9 Å². The lowest BCUT2D eigenvalue weighted by molar-refractivity contribution is -0.128. The van der Waals surface area contributed by atoms with E-state index in [2.05, 4.69) is 10.6 Å². The lowest BCUT2D eigenvalue weighted by Crippen LogP contribution is -2.46. The van der Waals surface area contributed by atoms with E-state index in [1.165, 1.54) is 0 Å². The van der Waals surface area contributed by atoms with Gasteiger partial charge in [-0.1, -0.05) is 18.2 Å². The minimum Gasteiger partial charge on any atom is -0.482 e. The van der Waals surface area contributed by atoms with Gasteiger partial charge in [0.2, 0.25) is 6.10 Å². The summed E-state index contributed by atoms with van der Waals surface area (Å²) in [6, 6.07) is 14.4. The van der Waals surface area contributed by atoms with Crippen LogP contribution >= 0.6 is 0 Å². The maximum Gasteiger partial charge on any atom is 0.269 e. The zero-order valence-corrected chi connectivity index (χ0v) is 14.4. The van der Waals surface area contributed by atoms with Crippen LogP contribution in [-0.4, -0.2) is 30.1 Å². The molecule has 2 N–H and O–H groups in total. The number of ether oxygens (including phenoxy) is 2. The van der Waals surface area contributed by atoms with Gasteiger partial charge in [0, 0.05) is 17.3 Å². The second kappa shape index (κ2) is 6.71. The number of hydrogen-bond acceptors (Lipinski definition) is 4. The highest BCUT2D eigenvalue weighted by atomic mass is 16.6. The van der Waals surface area contributed by atoms with E-state index in [0.717, 1.165) is 12.8 Å². The van der Waals surface area contributed by atoms with Crippen molar-refractivity contribution in [2.75, 3.05) is 5.32 Å². The molecule has 26 heavy (non-hydrogen) atoms. The fraction of sp³-hybridized carbons (Fsp3) is 0.300. The molecule has 2 aromatic carbocycles. The van der Waals surface area contributed by atoms with Crippen molar-refractivity contribution in [2.45, 2.75) is 38.0 Å². The van der Waals surface area contributed by atoms with E-state index >= 15 is 0 Å². The van der Waals surface area contributed by atoms with Gasteiger partial charge < -0.3 is 20.1 Å². The minimum atomic E-state index is -0.770. The molecule has 1 heterocycles. The molecule has 2 unspecified atom stereocenters. The topological polar surface area (TPSA) is 76.7 Å². The fourth-order valence-electron chi connectivity index (χ4n) is 2.85. The maximum absolute atomic E-state index is 12.6. The molecule has 0 spiro atoms. The standard InChI is InChI=1S/C20H20N2O4/c1-12-18(26-17-8-3-2-7-16(17)25-12)20(24)22-15-6-4-5-13(11-15)19(23)21-14-9-10-14/h2-8,11-12,14,18H,9-10H2,1H3,(H,21,23)(H,22,24). The molecule has 0 bridgehead atoms. The third-order valence-corrected chi connectivity index (χ3v) is 4.41. The van der Waals surface area contributed by atoms with Crippen LogP contribution in [0.25, 0.3) is 0 Å². The second-order valence-corrected chi connectivity index (χ2v) is 6.63. The van der Waals surface area contributed by atoms with E-state index in [9.17, 15) is 9.59 Å². The Morgan fingerprint density at radius 1 is 1.00 bits per heavy atom. The van der Waals surface area contributed by atoms with Crippen molar-refractivity contribution in [3.8, 4) is 11.5 Å². The number of nitrogens with one attached hydrogen (secondary N) is 2. The third-order valence-electron chi connectivity index (χ3n) is 4.41. The summed E-state index contributed by atoms with van der Waals surface area (Å²) in [4.78, 5) is 24.8. The smallest absolute Gasteiger partial charge is 0.269 e. The highest BCUT2D eigenvalue weighted by Crippen LogP contribution is 2.33. The highest BCUT2D eigenvalue weighted by molar-refractivity contribution is 5.98. The van der Waals surface area contributed by atoms with Crippen molar-refractivity contribution >= 4 is 17.5 Å². The molecule has 6 heteroatoms. The molecular formula is C20H20N2O4. The highest BCUT2D eigenvalue weighted by Gasteiger charge is 2.34. The van der Waals surface area contributed by atoms with Gasteiger partial charge in [-0.3, -0.25) is 9.59 Å². The number of anilines is 1. The molecule has 4 rings (SSSR count). The third kappa shape index (κ3) is 3.49. The molecule has 1 aliphatic carbocycles. The SMILES string of the molecule is CC1Oc2ccccc2OC1C(=O)Nc1cccc(C(=O)NC2CC2)c1. The quantitative estimate of drug-likeness (QED) is 0.887. The van der Waals surface area contributed by atoms with Crippen molar-refractivity contribution < 1.29 is 19.1 Å². The van der Waals surface area contributed by atoms with Gasteiger partial charge >= 0.3 is 0 Å². The summed E-state index contributed by atoms with van der Waals surface area (Å²) in [6.07, 6.45) is 0.862. The van der Waals surface area contributed by atoms with Gasteiger partial charge in [0.1, 0.15) is 6.10 Å². The maximum atomic E-state index is 12.6. The molecule has 2 amide bonds. The Hall–Kier alpha value is -3.02. The van der Waals surface area contributed by atoms with Crippen LogP contribution in [0.2, 0.25) is 0 Å². The molecule has 1 fully saturated rings. The number of para-hydroxylation sites is 2. The Balaban J connectivity index is 1.45. The minimum absolute atomic E-state index is 0.122. The molecular weight excluding hydrogens is 332 g/mol. The molecule has 1 saturated carbocycles. The summed E-state index contributed by atoms with van der Waals surface area (Å²) in [6.45, 7) is 1.79. The van der Waals surface area contributed by atoms with Crippen LogP contribution in [-0.2, 0) is 4.79 Å². The van der Waals surface area contributed by atoms with Gasteiger partial charge in [-0.2, -0.15) is 0 Å². The normalized spacial score (nSPS) is 21.0.